The third kappa shape index (κ3) is 3.94. The largest absolute Gasteiger partial charge is 0.481 e. The van der Waals surface area contributed by atoms with Crippen molar-refractivity contribution in [2.45, 2.75) is 31.7 Å². The van der Waals surface area contributed by atoms with Crippen molar-refractivity contribution in [3.63, 3.8) is 0 Å². The van der Waals surface area contributed by atoms with Gasteiger partial charge in [-0.1, -0.05) is 12.1 Å². The van der Waals surface area contributed by atoms with Crippen molar-refractivity contribution in [3.8, 4) is 0 Å². The first-order chi connectivity index (χ1) is 12.9. The van der Waals surface area contributed by atoms with Crippen molar-refractivity contribution < 1.29 is 24.3 Å². The number of nitrogens with one attached hydrogen (secondary N) is 1. The van der Waals surface area contributed by atoms with E-state index in [-0.39, 0.29) is 42.9 Å². The van der Waals surface area contributed by atoms with E-state index in [2.05, 4.69) is 5.32 Å². The zero-order chi connectivity index (χ0) is 19.6. The SMILES string of the molecule is CN(CCN1C(=O)c2ccccc2C1=O)C(=O)NC1CCC(C(=O)O)CC1. The van der Waals surface area contributed by atoms with E-state index in [1.165, 1.54) is 4.90 Å². The molecule has 144 valence electrons. The van der Waals surface area contributed by atoms with Crippen molar-refractivity contribution >= 4 is 23.8 Å². The highest BCUT2D eigenvalue weighted by Crippen LogP contribution is 2.25. The second kappa shape index (κ2) is 7.77. The summed E-state index contributed by atoms with van der Waals surface area (Å²) in [6.45, 7) is 0.351. The highest BCUT2D eigenvalue weighted by Gasteiger charge is 2.35. The van der Waals surface area contributed by atoms with Crippen molar-refractivity contribution in [1.82, 2.24) is 15.1 Å². The highest BCUT2D eigenvalue weighted by atomic mass is 16.4. The van der Waals surface area contributed by atoms with Crippen LogP contribution in [0.15, 0.2) is 24.3 Å². The number of benzene rings is 1. The summed E-state index contributed by atoms with van der Waals surface area (Å²) in [4.78, 5) is 50.6. The fourth-order valence-electron chi connectivity index (χ4n) is 3.56. The van der Waals surface area contributed by atoms with Gasteiger partial charge in [0.05, 0.1) is 17.0 Å². The lowest BCUT2D eigenvalue weighted by Gasteiger charge is -2.29. The second-order valence-corrected chi connectivity index (χ2v) is 7.07. The van der Waals surface area contributed by atoms with E-state index in [0.717, 1.165) is 4.90 Å². The molecule has 2 N–H and O–H groups in total. The molecule has 0 spiro atoms. The molecule has 3 rings (SSSR count). The molecule has 1 aromatic carbocycles. The molecule has 1 aliphatic carbocycles. The van der Waals surface area contributed by atoms with Gasteiger partial charge in [0.25, 0.3) is 11.8 Å². The number of urea groups is 1. The fraction of sp³-hybridized carbons (Fsp3) is 0.474. The number of aliphatic carboxylic acids is 1. The van der Waals surface area contributed by atoms with Crippen molar-refractivity contribution in [2.24, 2.45) is 5.92 Å². The van der Waals surface area contributed by atoms with Crippen LogP contribution in [0.1, 0.15) is 46.4 Å². The van der Waals surface area contributed by atoms with Crippen LogP contribution in [0.5, 0.6) is 0 Å². The number of amides is 4. The molecule has 0 radical (unpaired) electrons. The van der Waals surface area contributed by atoms with Crippen LogP contribution in [0.3, 0.4) is 0 Å². The van der Waals surface area contributed by atoms with E-state index >= 15 is 0 Å². The Hall–Kier alpha value is -2.90. The van der Waals surface area contributed by atoms with Gasteiger partial charge in [-0.3, -0.25) is 19.3 Å². The molecule has 8 nitrogen and oxygen atoms in total. The number of carbonyl (C=O) groups is 4. The normalized spacial score (nSPS) is 21.7. The Kier molecular flexibility index (Phi) is 5.43. The first kappa shape index (κ1) is 18.9. The zero-order valence-corrected chi connectivity index (χ0v) is 15.2. The molecular weight excluding hydrogens is 350 g/mol. The van der Waals surface area contributed by atoms with Crippen LogP contribution in [0.25, 0.3) is 0 Å². The van der Waals surface area contributed by atoms with Crippen molar-refractivity contribution in [1.29, 1.82) is 0 Å². The van der Waals surface area contributed by atoms with Gasteiger partial charge in [0.1, 0.15) is 0 Å². The highest BCUT2D eigenvalue weighted by molar-refractivity contribution is 6.21. The van der Waals surface area contributed by atoms with Crippen LogP contribution >= 0.6 is 0 Å². The van der Waals surface area contributed by atoms with E-state index in [4.69, 9.17) is 5.11 Å². The van der Waals surface area contributed by atoms with E-state index in [1.54, 1.807) is 31.3 Å². The van der Waals surface area contributed by atoms with E-state index < -0.39 is 5.97 Å². The summed E-state index contributed by atoms with van der Waals surface area (Å²) >= 11 is 0. The first-order valence-electron chi connectivity index (χ1n) is 9.08. The summed E-state index contributed by atoms with van der Waals surface area (Å²) in [5, 5.41) is 11.9. The fourth-order valence-corrected chi connectivity index (χ4v) is 3.56. The number of hydrogen-bond donors (Lipinski definition) is 2. The molecule has 8 heteroatoms. The van der Waals surface area contributed by atoms with Crippen LogP contribution in [0.2, 0.25) is 0 Å². The summed E-state index contributed by atoms with van der Waals surface area (Å²) in [5.74, 6) is -1.78. The molecular formula is C19H23N3O5. The van der Waals surface area contributed by atoms with Crippen LogP contribution in [-0.2, 0) is 4.79 Å². The van der Waals surface area contributed by atoms with Crippen LogP contribution in [-0.4, -0.2) is 64.9 Å². The summed E-state index contributed by atoms with van der Waals surface area (Å²) in [6, 6.07) is 6.34. The minimum Gasteiger partial charge on any atom is -0.481 e. The maximum Gasteiger partial charge on any atom is 0.317 e. The average molecular weight is 373 g/mol. The number of nitrogens with zero attached hydrogens (tertiary/aromatic N) is 2. The minimum absolute atomic E-state index is 0.0464. The molecule has 2 aliphatic rings. The van der Waals surface area contributed by atoms with Gasteiger partial charge in [0.15, 0.2) is 0 Å². The topological polar surface area (TPSA) is 107 Å². The molecule has 1 aliphatic heterocycles. The molecule has 0 aromatic heterocycles. The number of imide groups is 1. The van der Waals surface area contributed by atoms with Gasteiger partial charge in [-0.2, -0.15) is 0 Å². The smallest absolute Gasteiger partial charge is 0.317 e. The maximum atomic E-state index is 12.3. The first-order valence-corrected chi connectivity index (χ1v) is 9.08. The lowest BCUT2D eigenvalue weighted by molar-refractivity contribution is -0.142. The summed E-state index contributed by atoms with van der Waals surface area (Å²) in [7, 11) is 1.61. The summed E-state index contributed by atoms with van der Waals surface area (Å²) < 4.78 is 0. The van der Waals surface area contributed by atoms with Crippen LogP contribution in [0.4, 0.5) is 4.79 Å². The molecule has 1 heterocycles. The quantitative estimate of drug-likeness (QED) is 0.762. The Morgan fingerprint density at radius 2 is 1.67 bits per heavy atom. The molecule has 4 amide bonds. The predicted octanol–water partition coefficient (Wildman–Crippen LogP) is 1.57. The van der Waals surface area contributed by atoms with Gasteiger partial charge < -0.3 is 15.3 Å². The maximum absolute atomic E-state index is 12.3. The minimum atomic E-state index is -0.780. The molecule has 0 bridgehead atoms. The number of hydrogen-bond acceptors (Lipinski definition) is 4. The van der Waals surface area contributed by atoms with Gasteiger partial charge in [0.2, 0.25) is 0 Å². The van der Waals surface area contributed by atoms with Gasteiger partial charge in [0, 0.05) is 26.2 Å². The van der Waals surface area contributed by atoms with Gasteiger partial charge in [-0.25, -0.2) is 4.79 Å². The predicted molar refractivity (Wildman–Crippen MR) is 96.4 cm³/mol. The number of likely N-dealkylation sites (N-methyl/N-ethyl adjacent to an activating group) is 1. The number of carboxylic acid groups (broad SMARTS) is 1. The third-order valence-electron chi connectivity index (χ3n) is 5.29. The van der Waals surface area contributed by atoms with E-state index in [0.29, 0.717) is 36.8 Å². The molecule has 1 aromatic rings. The number of fused-ring (bicyclic) bond motifs is 1. The lowest BCUT2D eigenvalue weighted by atomic mass is 9.86. The Morgan fingerprint density at radius 1 is 1.11 bits per heavy atom. The second-order valence-electron chi connectivity index (χ2n) is 7.07. The standard InChI is InChI=1S/C19H23N3O5/c1-21(19(27)20-13-8-6-12(7-9-13)18(25)26)10-11-22-16(23)14-4-2-3-5-15(14)17(22)24/h2-5,12-13H,6-11H2,1H3,(H,20,27)(H,25,26). The van der Waals surface area contributed by atoms with Crippen molar-refractivity contribution in [3.05, 3.63) is 35.4 Å². The Labute approximate surface area is 157 Å². The molecule has 1 fully saturated rings. The molecule has 0 saturated heterocycles. The number of carboxylic acids is 1. The zero-order valence-electron chi connectivity index (χ0n) is 15.2. The number of carbonyl (C=O) groups excluding carboxylic acids is 3. The monoisotopic (exact) mass is 373 g/mol. The van der Waals surface area contributed by atoms with Crippen LogP contribution < -0.4 is 5.32 Å². The van der Waals surface area contributed by atoms with E-state index in [9.17, 15) is 19.2 Å². The van der Waals surface area contributed by atoms with Gasteiger partial charge in [-0.15, -0.1) is 0 Å². The Bertz CT molecular complexity index is 735. The van der Waals surface area contributed by atoms with Gasteiger partial charge >= 0.3 is 12.0 Å². The Balaban J connectivity index is 1.48. The molecule has 0 unspecified atom stereocenters. The summed E-state index contributed by atoms with van der Waals surface area (Å²) in [5.41, 5.74) is 0.787. The van der Waals surface area contributed by atoms with Crippen molar-refractivity contribution in [2.75, 3.05) is 20.1 Å². The lowest BCUT2D eigenvalue weighted by Crippen LogP contribution is -2.47. The molecule has 27 heavy (non-hydrogen) atoms. The third-order valence-corrected chi connectivity index (χ3v) is 5.29. The van der Waals surface area contributed by atoms with Crippen LogP contribution in [0, 0.1) is 5.92 Å². The summed E-state index contributed by atoms with van der Waals surface area (Å²) in [6.07, 6.45) is 2.38. The molecule has 0 atom stereocenters. The Morgan fingerprint density at radius 3 is 2.19 bits per heavy atom. The number of rotatable bonds is 5. The molecule has 1 saturated carbocycles. The van der Waals surface area contributed by atoms with Gasteiger partial charge in [-0.05, 0) is 37.8 Å². The average Bonchev–Trinajstić information content (AvgIpc) is 2.91. The van der Waals surface area contributed by atoms with E-state index in [1.807, 2.05) is 0 Å².